The summed E-state index contributed by atoms with van der Waals surface area (Å²) in [6.07, 6.45) is 1.12. The molecule has 1 rings (SSSR count). The summed E-state index contributed by atoms with van der Waals surface area (Å²) in [7, 11) is -1.51. The quantitative estimate of drug-likeness (QED) is 0.256. The largest absolute Gasteiger partial charge is 0.361 e. The summed E-state index contributed by atoms with van der Waals surface area (Å²) in [5.41, 5.74) is 1.83. The van der Waals surface area contributed by atoms with Crippen LogP contribution < -0.4 is 15.4 Å². The molecule has 0 bridgehead atoms. The van der Waals surface area contributed by atoms with Gasteiger partial charge in [0.15, 0.2) is 5.96 Å². The van der Waals surface area contributed by atoms with Gasteiger partial charge in [0.1, 0.15) is 5.76 Å². The molecule has 0 aliphatic rings. The maximum atomic E-state index is 10.9. The Morgan fingerprint density at radius 3 is 2.43 bits per heavy atom. The van der Waals surface area contributed by atoms with Crippen molar-refractivity contribution >= 4 is 40.0 Å². The van der Waals surface area contributed by atoms with E-state index < -0.39 is 10.0 Å². The Morgan fingerprint density at radius 2 is 1.95 bits per heavy atom. The summed E-state index contributed by atoms with van der Waals surface area (Å²) in [5, 5.41) is 9.99. The SMILES string of the molecule is CN=C(NCCNS(C)(=O)=O)NCc1c(C)noc1C.I. The van der Waals surface area contributed by atoms with E-state index in [1.54, 1.807) is 7.05 Å². The number of nitrogens with zero attached hydrogens (tertiary/aromatic N) is 2. The standard InChI is InChI=1S/C11H21N5O3S.HI/c1-8-10(9(2)19-16-8)7-14-11(12-3)13-5-6-15-20(4,17)18;/h15H,5-7H2,1-4H3,(H2,12,13,14);1H. The van der Waals surface area contributed by atoms with Gasteiger partial charge in [0.2, 0.25) is 10.0 Å². The number of guanidine groups is 1. The van der Waals surface area contributed by atoms with Gasteiger partial charge in [-0.3, -0.25) is 4.99 Å². The van der Waals surface area contributed by atoms with Crippen LogP contribution in [0.15, 0.2) is 9.52 Å². The molecule has 0 aliphatic heterocycles. The average molecular weight is 431 g/mol. The van der Waals surface area contributed by atoms with Crippen molar-refractivity contribution in [3.8, 4) is 0 Å². The van der Waals surface area contributed by atoms with E-state index in [-0.39, 0.29) is 24.0 Å². The van der Waals surface area contributed by atoms with E-state index >= 15 is 0 Å². The maximum absolute atomic E-state index is 10.9. The van der Waals surface area contributed by atoms with Crippen molar-refractivity contribution in [2.45, 2.75) is 20.4 Å². The molecule has 0 amide bonds. The second-order valence-electron chi connectivity index (χ2n) is 4.32. The molecular formula is C11H22IN5O3S. The van der Waals surface area contributed by atoms with Gasteiger partial charge in [0.05, 0.1) is 11.9 Å². The zero-order valence-electron chi connectivity index (χ0n) is 12.6. The lowest BCUT2D eigenvalue weighted by Crippen LogP contribution is -2.41. The Labute approximate surface area is 142 Å². The number of hydrogen-bond donors (Lipinski definition) is 3. The molecule has 0 unspecified atom stereocenters. The van der Waals surface area contributed by atoms with E-state index in [0.29, 0.717) is 25.6 Å². The van der Waals surface area contributed by atoms with E-state index in [1.165, 1.54) is 0 Å². The van der Waals surface area contributed by atoms with Crippen LogP contribution in [0, 0.1) is 13.8 Å². The van der Waals surface area contributed by atoms with Crippen LogP contribution in [0.4, 0.5) is 0 Å². The second-order valence-corrected chi connectivity index (χ2v) is 6.15. The maximum Gasteiger partial charge on any atom is 0.208 e. The van der Waals surface area contributed by atoms with Crippen LogP contribution in [0.1, 0.15) is 17.0 Å². The normalized spacial score (nSPS) is 11.9. The number of sulfonamides is 1. The summed E-state index contributed by atoms with van der Waals surface area (Å²) in [4.78, 5) is 4.05. The van der Waals surface area contributed by atoms with Gasteiger partial charge >= 0.3 is 0 Å². The van der Waals surface area contributed by atoms with Crippen LogP contribution in [0.5, 0.6) is 0 Å². The summed E-state index contributed by atoms with van der Waals surface area (Å²) < 4.78 is 29.3. The molecule has 0 fully saturated rings. The lowest BCUT2D eigenvalue weighted by atomic mass is 10.2. The molecule has 8 nitrogen and oxygen atoms in total. The fourth-order valence-electron chi connectivity index (χ4n) is 1.56. The fraction of sp³-hybridized carbons (Fsp3) is 0.636. The van der Waals surface area contributed by atoms with E-state index in [9.17, 15) is 8.42 Å². The molecule has 21 heavy (non-hydrogen) atoms. The number of halogens is 1. The van der Waals surface area contributed by atoms with Crippen LogP contribution in [0.3, 0.4) is 0 Å². The first-order valence-electron chi connectivity index (χ1n) is 6.14. The van der Waals surface area contributed by atoms with Crippen molar-refractivity contribution < 1.29 is 12.9 Å². The van der Waals surface area contributed by atoms with Crippen molar-refractivity contribution in [3.05, 3.63) is 17.0 Å². The molecule has 0 radical (unpaired) electrons. The van der Waals surface area contributed by atoms with Crippen LogP contribution >= 0.6 is 24.0 Å². The Bertz CT molecular complexity index is 551. The van der Waals surface area contributed by atoms with Crippen LogP contribution in [0.2, 0.25) is 0 Å². The van der Waals surface area contributed by atoms with Gasteiger partial charge in [-0.15, -0.1) is 24.0 Å². The first-order chi connectivity index (χ1) is 9.33. The van der Waals surface area contributed by atoms with Crippen LogP contribution in [-0.4, -0.2) is 45.9 Å². The number of aliphatic imine (C=N–C) groups is 1. The molecule has 10 heteroatoms. The third-order valence-corrected chi connectivity index (χ3v) is 3.35. The topological polar surface area (TPSA) is 109 Å². The van der Waals surface area contributed by atoms with Crippen molar-refractivity contribution in [3.63, 3.8) is 0 Å². The number of aromatic nitrogens is 1. The van der Waals surface area contributed by atoms with E-state index in [0.717, 1.165) is 23.3 Å². The zero-order valence-corrected chi connectivity index (χ0v) is 15.7. The Morgan fingerprint density at radius 1 is 1.29 bits per heavy atom. The smallest absolute Gasteiger partial charge is 0.208 e. The van der Waals surface area contributed by atoms with Crippen molar-refractivity contribution in [2.75, 3.05) is 26.4 Å². The Balaban J connectivity index is 0.00000400. The first-order valence-corrected chi connectivity index (χ1v) is 8.03. The van der Waals surface area contributed by atoms with E-state index in [4.69, 9.17) is 4.52 Å². The number of aryl methyl sites for hydroxylation is 2. The van der Waals surface area contributed by atoms with Crippen molar-refractivity contribution in [2.24, 2.45) is 4.99 Å². The number of rotatable bonds is 6. The van der Waals surface area contributed by atoms with Crippen molar-refractivity contribution in [1.82, 2.24) is 20.5 Å². The van der Waals surface area contributed by atoms with Crippen LogP contribution in [-0.2, 0) is 16.6 Å². The molecule has 0 saturated heterocycles. The molecular weight excluding hydrogens is 409 g/mol. The molecule has 0 aliphatic carbocycles. The fourth-order valence-corrected chi connectivity index (χ4v) is 2.04. The molecule has 0 spiro atoms. The molecule has 3 N–H and O–H groups in total. The molecule has 1 aromatic rings. The molecule has 0 saturated carbocycles. The van der Waals surface area contributed by atoms with Crippen molar-refractivity contribution in [1.29, 1.82) is 0 Å². The van der Waals surface area contributed by atoms with Gasteiger partial charge < -0.3 is 15.2 Å². The lowest BCUT2D eigenvalue weighted by molar-refractivity contribution is 0.392. The summed E-state index contributed by atoms with van der Waals surface area (Å²) in [6, 6.07) is 0. The third kappa shape index (κ3) is 7.62. The second kappa shape index (κ2) is 9.20. The van der Waals surface area contributed by atoms with Gasteiger partial charge in [-0.25, -0.2) is 13.1 Å². The Kier molecular flexibility index (Phi) is 8.82. The highest BCUT2D eigenvalue weighted by atomic mass is 127. The summed E-state index contributed by atoms with van der Waals surface area (Å²) >= 11 is 0. The minimum Gasteiger partial charge on any atom is -0.361 e. The van der Waals surface area contributed by atoms with Gasteiger partial charge in [0.25, 0.3) is 0 Å². The summed E-state index contributed by atoms with van der Waals surface area (Å²) in [6.45, 7) is 5.00. The molecule has 0 atom stereocenters. The number of nitrogens with one attached hydrogen (secondary N) is 3. The monoisotopic (exact) mass is 431 g/mol. The highest BCUT2D eigenvalue weighted by Crippen LogP contribution is 2.11. The minimum absolute atomic E-state index is 0. The first kappa shape index (κ1) is 20.1. The van der Waals surface area contributed by atoms with E-state index in [1.807, 2.05) is 13.8 Å². The minimum atomic E-state index is -3.16. The van der Waals surface area contributed by atoms with Crippen LogP contribution in [0.25, 0.3) is 0 Å². The summed E-state index contributed by atoms with van der Waals surface area (Å²) in [5.74, 6) is 1.35. The van der Waals surface area contributed by atoms with E-state index in [2.05, 4.69) is 25.5 Å². The Hall–Kier alpha value is -0.880. The molecule has 0 aromatic carbocycles. The molecule has 1 heterocycles. The third-order valence-electron chi connectivity index (χ3n) is 2.62. The van der Waals surface area contributed by atoms with Gasteiger partial charge in [-0.1, -0.05) is 5.16 Å². The van der Waals surface area contributed by atoms with Gasteiger partial charge in [0, 0.05) is 32.2 Å². The highest BCUT2D eigenvalue weighted by molar-refractivity contribution is 14.0. The predicted octanol–water partition coefficient (Wildman–Crippen LogP) is 0.124. The average Bonchev–Trinajstić information content (AvgIpc) is 2.67. The zero-order chi connectivity index (χ0) is 15.2. The van der Waals surface area contributed by atoms with Gasteiger partial charge in [-0.05, 0) is 13.8 Å². The van der Waals surface area contributed by atoms with Gasteiger partial charge in [-0.2, -0.15) is 0 Å². The highest BCUT2D eigenvalue weighted by Gasteiger charge is 2.09. The number of hydrogen-bond acceptors (Lipinski definition) is 5. The lowest BCUT2D eigenvalue weighted by Gasteiger charge is -2.11. The predicted molar refractivity (Wildman–Crippen MR) is 92.4 cm³/mol. The molecule has 122 valence electrons. The molecule has 1 aromatic heterocycles.